The van der Waals surface area contributed by atoms with E-state index in [1.54, 1.807) is 0 Å². The molecule has 7 nitrogen and oxygen atoms in total. The number of methoxy groups -OCH3 is 1. The van der Waals surface area contributed by atoms with Gasteiger partial charge in [-0.15, -0.1) is 0 Å². The maximum absolute atomic E-state index is 11.8. The summed E-state index contributed by atoms with van der Waals surface area (Å²) in [7, 11) is 1.86. The highest BCUT2D eigenvalue weighted by molar-refractivity contribution is 5.69. The Morgan fingerprint density at radius 1 is 0.646 bits per heavy atom. The zero-order valence-corrected chi connectivity index (χ0v) is 32.9. The number of nitrogens with two attached hydrogens (primary N) is 1. The van der Waals surface area contributed by atoms with Gasteiger partial charge in [-0.25, -0.2) is 0 Å². The minimum Gasteiger partial charge on any atom is -0.466 e. The van der Waals surface area contributed by atoms with Gasteiger partial charge in [-0.3, -0.25) is 4.79 Å². The van der Waals surface area contributed by atoms with Crippen molar-refractivity contribution in [1.29, 1.82) is 0 Å². The van der Waals surface area contributed by atoms with E-state index in [1.165, 1.54) is 141 Å². The number of esters is 1. The van der Waals surface area contributed by atoms with E-state index < -0.39 is 0 Å². The maximum atomic E-state index is 11.8. The summed E-state index contributed by atoms with van der Waals surface area (Å²) in [4.78, 5) is 24.8. The minimum atomic E-state index is -0.0167. The van der Waals surface area contributed by atoms with Crippen molar-refractivity contribution < 1.29 is 19.1 Å². The van der Waals surface area contributed by atoms with Crippen LogP contribution < -0.4 is 11.1 Å². The summed E-state index contributed by atoms with van der Waals surface area (Å²) in [6.45, 7) is 12.3. The van der Waals surface area contributed by atoms with Crippen LogP contribution in [0.3, 0.4) is 0 Å². The molecule has 3 N–H and O–H groups in total. The first-order valence-electron chi connectivity index (χ1n) is 20.8. The van der Waals surface area contributed by atoms with E-state index in [9.17, 15) is 9.59 Å². The predicted octanol–water partition coefficient (Wildman–Crippen LogP) is 10.5. The van der Waals surface area contributed by atoms with Crippen molar-refractivity contribution in [3.05, 3.63) is 0 Å². The topological polar surface area (TPSA) is 93.9 Å². The van der Waals surface area contributed by atoms with Gasteiger partial charge < -0.3 is 30.2 Å². The summed E-state index contributed by atoms with van der Waals surface area (Å²) in [5, 5.41) is 3.21. The van der Waals surface area contributed by atoms with Gasteiger partial charge in [0.1, 0.15) is 6.29 Å². The molecule has 0 heterocycles. The van der Waals surface area contributed by atoms with Crippen LogP contribution in [0, 0.1) is 0 Å². The summed E-state index contributed by atoms with van der Waals surface area (Å²) in [5.41, 5.74) is 5.53. The van der Waals surface area contributed by atoms with Gasteiger partial charge >= 0.3 is 5.97 Å². The highest BCUT2D eigenvalue weighted by Crippen LogP contribution is 2.14. The fraction of sp³-hybridized carbons (Fsp3) is 0.951. The molecule has 0 aromatic carbocycles. The quantitative estimate of drug-likeness (QED) is 0.0289. The average Bonchev–Trinajstić information content (AvgIpc) is 3.09. The highest BCUT2D eigenvalue weighted by Gasteiger charge is 2.07. The van der Waals surface area contributed by atoms with Gasteiger partial charge in [-0.2, -0.15) is 0 Å². The fourth-order valence-electron chi connectivity index (χ4n) is 6.04. The van der Waals surface area contributed by atoms with Crippen molar-refractivity contribution in [2.45, 2.75) is 207 Å². The van der Waals surface area contributed by atoms with E-state index in [0.717, 1.165) is 58.0 Å². The third-order valence-corrected chi connectivity index (χ3v) is 9.23. The van der Waals surface area contributed by atoms with Crippen LogP contribution in [0.1, 0.15) is 201 Å². The van der Waals surface area contributed by atoms with E-state index in [4.69, 9.17) is 15.2 Å². The first-order chi connectivity index (χ1) is 23.6. The van der Waals surface area contributed by atoms with Gasteiger partial charge in [0.25, 0.3) is 0 Å². The maximum Gasteiger partial charge on any atom is 0.305 e. The normalized spacial score (nSPS) is 11.8. The van der Waals surface area contributed by atoms with Crippen LogP contribution in [0.5, 0.6) is 0 Å². The summed E-state index contributed by atoms with van der Waals surface area (Å²) >= 11 is 0. The molecule has 288 valence electrons. The van der Waals surface area contributed by atoms with Crippen molar-refractivity contribution in [2.24, 2.45) is 5.73 Å². The molecule has 0 fully saturated rings. The zero-order valence-electron chi connectivity index (χ0n) is 32.9. The number of ether oxygens (including phenoxy) is 2. The number of aldehydes is 1. The van der Waals surface area contributed by atoms with E-state index >= 15 is 0 Å². The van der Waals surface area contributed by atoms with Crippen LogP contribution in [0.4, 0.5) is 0 Å². The number of hydrogen-bond acceptors (Lipinski definition) is 7. The smallest absolute Gasteiger partial charge is 0.305 e. The van der Waals surface area contributed by atoms with E-state index in [2.05, 4.69) is 31.0 Å². The summed E-state index contributed by atoms with van der Waals surface area (Å²) in [6.07, 6.45) is 34.9. The van der Waals surface area contributed by atoms with Crippen molar-refractivity contribution in [3.63, 3.8) is 0 Å². The Hall–Kier alpha value is -1.02. The molecule has 7 heteroatoms. The monoisotopic (exact) mass is 684 g/mol. The third-order valence-electron chi connectivity index (χ3n) is 9.23. The highest BCUT2D eigenvalue weighted by atomic mass is 16.5. The van der Waals surface area contributed by atoms with Crippen molar-refractivity contribution in [2.75, 3.05) is 46.6 Å². The van der Waals surface area contributed by atoms with Gasteiger partial charge in [0, 0.05) is 26.6 Å². The standard InChI is InChI=1S/C28H57N3O3.C13H28O/c1-2-3-4-5-13-18-26-34-28(33)20-14-9-8-11-16-23-31(24-19-21-30-27-29)22-15-10-6-7-12-17-25-32;1-4-6-8-10-12-13(14-3)11-9-7-5-2/h25,30H,2-24,26-27,29H2,1H3;13H,4-12H2,1-3H3. The molecule has 1 atom stereocenters. The number of nitrogens with zero attached hydrogens (tertiary/aromatic N) is 1. The van der Waals surface area contributed by atoms with Gasteiger partial charge in [-0.05, 0) is 77.5 Å². The molecule has 0 radical (unpaired) electrons. The van der Waals surface area contributed by atoms with Crippen LogP contribution in [0.25, 0.3) is 0 Å². The van der Waals surface area contributed by atoms with E-state index in [1.807, 2.05) is 7.11 Å². The summed E-state index contributed by atoms with van der Waals surface area (Å²) in [5.74, 6) is -0.0167. The number of rotatable bonds is 38. The van der Waals surface area contributed by atoms with Gasteiger partial charge in [-0.1, -0.05) is 136 Å². The Morgan fingerprint density at radius 3 is 1.71 bits per heavy atom. The number of hydrogen-bond donors (Lipinski definition) is 2. The molecule has 0 aliphatic carbocycles. The Kier molecular flexibility index (Phi) is 45.0. The van der Waals surface area contributed by atoms with Crippen LogP contribution in [-0.4, -0.2) is 69.8 Å². The Bertz CT molecular complexity index is 623. The molecule has 0 amide bonds. The molecule has 0 saturated heterocycles. The lowest BCUT2D eigenvalue weighted by Gasteiger charge is -2.22. The molecule has 0 aliphatic heterocycles. The van der Waals surface area contributed by atoms with Crippen LogP contribution in [-0.2, 0) is 19.1 Å². The van der Waals surface area contributed by atoms with Gasteiger partial charge in [0.05, 0.1) is 12.7 Å². The molecular formula is C41H85N3O4. The van der Waals surface area contributed by atoms with Gasteiger partial charge in [0.2, 0.25) is 0 Å². The predicted molar refractivity (Wildman–Crippen MR) is 208 cm³/mol. The lowest BCUT2D eigenvalue weighted by atomic mass is 10.0. The Balaban J connectivity index is 0. The van der Waals surface area contributed by atoms with Crippen molar-refractivity contribution in [1.82, 2.24) is 10.2 Å². The van der Waals surface area contributed by atoms with E-state index in [-0.39, 0.29) is 5.97 Å². The lowest BCUT2D eigenvalue weighted by molar-refractivity contribution is -0.143. The Labute approximate surface area is 300 Å². The lowest BCUT2D eigenvalue weighted by Crippen LogP contribution is -2.31. The minimum absolute atomic E-state index is 0.0167. The van der Waals surface area contributed by atoms with E-state index in [0.29, 0.717) is 32.2 Å². The number of carbonyl (C=O) groups excluding carboxylic acids is 2. The van der Waals surface area contributed by atoms with Crippen LogP contribution >= 0.6 is 0 Å². The summed E-state index contributed by atoms with van der Waals surface area (Å²) in [6, 6.07) is 0. The first-order valence-corrected chi connectivity index (χ1v) is 20.8. The van der Waals surface area contributed by atoms with Crippen molar-refractivity contribution in [3.8, 4) is 0 Å². The molecule has 0 saturated carbocycles. The second kappa shape index (κ2) is 44.0. The largest absolute Gasteiger partial charge is 0.466 e. The zero-order chi connectivity index (χ0) is 35.6. The number of unbranched alkanes of at least 4 members (excludes halogenated alkanes) is 19. The molecular weight excluding hydrogens is 598 g/mol. The van der Waals surface area contributed by atoms with Crippen molar-refractivity contribution >= 4 is 12.3 Å². The second-order valence-corrected chi connectivity index (χ2v) is 13.8. The molecule has 0 rings (SSSR count). The molecule has 0 aliphatic rings. The van der Waals surface area contributed by atoms with Crippen LogP contribution in [0.15, 0.2) is 0 Å². The SMILES string of the molecule is CCCCCCC(CCCCC)OC.CCCCCCCCOC(=O)CCCCCCCN(CCCCCCCC=O)CCCNCN. The number of nitrogens with one attached hydrogen (secondary N) is 1. The first kappa shape index (κ1) is 49.1. The third kappa shape index (κ3) is 41.2. The molecule has 0 aromatic rings. The molecule has 1 unspecified atom stereocenters. The second-order valence-electron chi connectivity index (χ2n) is 13.8. The van der Waals surface area contributed by atoms with Gasteiger partial charge in [0.15, 0.2) is 0 Å². The average molecular weight is 684 g/mol. The number of carbonyl (C=O) groups is 2. The van der Waals surface area contributed by atoms with Crippen LogP contribution in [0.2, 0.25) is 0 Å². The molecule has 48 heavy (non-hydrogen) atoms. The Morgan fingerprint density at radius 2 is 1.12 bits per heavy atom. The summed E-state index contributed by atoms with van der Waals surface area (Å²) < 4.78 is 10.8. The molecule has 0 aromatic heterocycles. The fourth-order valence-corrected chi connectivity index (χ4v) is 6.04. The molecule has 0 bridgehead atoms. The molecule has 0 spiro atoms.